The SMILES string of the molecule is O=C(C1=CCCC1)C1=C(NCc2ccccc2)CCC1. The van der Waals surface area contributed by atoms with E-state index in [-0.39, 0.29) is 0 Å². The normalized spacial score (nSPS) is 18.3. The molecule has 0 aromatic heterocycles. The van der Waals surface area contributed by atoms with Crippen LogP contribution in [0.2, 0.25) is 0 Å². The van der Waals surface area contributed by atoms with E-state index >= 15 is 0 Å². The van der Waals surface area contributed by atoms with Crippen molar-refractivity contribution in [2.24, 2.45) is 0 Å². The van der Waals surface area contributed by atoms with E-state index in [1.807, 2.05) is 6.07 Å². The first-order chi connectivity index (χ1) is 9.84. The van der Waals surface area contributed by atoms with Crippen molar-refractivity contribution in [1.29, 1.82) is 0 Å². The number of hydrogen-bond acceptors (Lipinski definition) is 2. The molecule has 2 aliphatic rings. The van der Waals surface area contributed by atoms with Crippen LogP contribution in [-0.4, -0.2) is 5.78 Å². The van der Waals surface area contributed by atoms with E-state index in [2.05, 4.69) is 35.7 Å². The highest BCUT2D eigenvalue weighted by molar-refractivity contribution is 6.09. The van der Waals surface area contributed by atoms with Crippen LogP contribution >= 0.6 is 0 Å². The van der Waals surface area contributed by atoms with Crippen LogP contribution in [0.25, 0.3) is 0 Å². The van der Waals surface area contributed by atoms with Gasteiger partial charge in [-0.15, -0.1) is 0 Å². The summed E-state index contributed by atoms with van der Waals surface area (Å²) in [5, 5.41) is 3.48. The van der Waals surface area contributed by atoms with E-state index in [1.165, 1.54) is 11.3 Å². The van der Waals surface area contributed by atoms with Gasteiger partial charge in [0.25, 0.3) is 0 Å². The van der Waals surface area contributed by atoms with Gasteiger partial charge in [-0.25, -0.2) is 0 Å². The number of carbonyl (C=O) groups is 1. The van der Waals surface area contributed by atoms with Gasteiger partial charge in [-0.05, 0) is 49.7 Å². The van der Waals surface area contributed by atoms with Crippen LogP contribution in [-0.2, 0) is 11.3 Å². The predicted octanol–water partition coefficient (Wildman–Crippen LogP) is 3.89. The van der Waals surface area contributed by atoms with Gasteiger partial charge in [0, 0.05) is 17.8 Å². The molecule has 1 N–H and O–H groups in total. The van der Waals surface area contributed by atoms with Gasteiger partial charge in [-0.1, -0.05) is 36.4 Å². The molecule has 3 rings (SSSR count). The molecular formula is C18H21NO. The van der Waals surface area contributed by atoms with Crippen molar-refractivity contribution >= 4 is 5.78 Å². The van der Waals surface area contributed by atoms with E-state index in [1.54, 1.807) is 0 Å². The Morgan fingerprint density at radius 2 is 1.90 bits per heavy atom. The molecule has 2 nitrogen and oxygen atoms in total. The summed E-state index contributed by atoms with van der Waals surface area (Å²) in [6, 6.07) is 10.4. The maximum absolute atomic E-state index is 12.5. The lowest BCUT2D eigenvalue weighted by molar-refractivity contribution is -0.112. The number of rotatable bonds is 5. The van der Waals surface area contributed by atoms with Crippen molar-refractivity contribution in [2.75, 3.05) is 0 Å². The van der Waals surface area contributed by atoms with Gasteiger partial charge in [0.15, 0.2) is 5.78 Å². The highest BCUT2D eigenvalue weighted by Crippen LogP contribution is 2.30. The highest BCUT2D eigenvalue weighted by atomic mass is 16.1. The molecular weight excluding hydrogens is 246 g/mol. The van der Waals surface area contributed by atoms with Crippen LogP contribution in [0.15, 0.2) is 53.3 Å². The number of ketones is 1. The van der Waals surface area contributed by atoms with Gasteiger partial charge in [-0.2, -0.15) is 0 Å². The molecule has 0 atom stereocenters. The first-order valence-corrected chi connectivity index (χ1v) is 7.58. The van der Waals surface area contributed by atoms with E-state index in [9.17, 15) is 4.79 Å². The second kappa shape index (κ2) is 6.08. The molecule has 0 unspecified atom stereocenters. The fraction of sp³-hybridized carbons (Fsp3) is 0.389. The number of Topliss-reactive ketones (excluding diaryl/α,β-unsaturated/α-hetero) is 1. The third kappa shape index (κ3) is 2.84. The van der Waals surface area contributed by atoms with Crippen molar-refractivity contribution in [3.8, 4) is 0 Å². The molecule has 1 aromatic carbocycles. The quantitative estimate of drug-likeness (QED) is 0.876. The summed E-state index contributed by atoms with van der Waals surface area (Å²) in [6.07, 6.45) is 8.36. The maximum Gasteiger partial charge on any atom is 0.186 e. The van der Waals surface area contributed by atoms with Crippen molar-refractivity contribution < 1.29 is 4.79 Å². The largest absolute Gasteiger partial charge is 0.384 e. The summed E-state index contributed by atoms with van der Waals surface area (Å²) in [5.41, 5.74) is 4.51. The predicted molar refractivity (Wildman–Crippen MR) is 81.1 cm³/mol. The van der Waals surface area contributed by atoms with Crippen LogP contribution in [0.5, 0.6) is 0 Å². The summed E-state index contributed by atoms with van der Waals surface area (Å²) >= 11 is 0. The smallest absolute Gasteiger partial charge is 0.186 e. The monoisotopic (exact) mass is 267 g/mol. The van der Waals surface area contributed by atoms with E-state index < -0.39 is 0 Å². The molecule has 2 aliphatic carbocycles. The zero-order valence-corrected chi connectivity index (χ0v) is 11.8. The molecule has 1 aromatic rings. The third-order valence-corrected chi connectivity index (χ3v) is 4.17. The van der Waals surface area contributed by atoms with Crippen LogP contribution in [0.4, 0.5) is 0 Å². The lowest BCUT2D eigenvalue weighted by Gasteiger charge is -2.11. The Morgan fingerprint density at radius 1 is 1.05 bits per heavy atom. The highest BCUT2D eigenvalue weighted by Gasteiger charge is 2.24. The average Bonchev–Trinajstić information content (AvgIpc) is 3.17. The number of hydrogen-bond donors (Lipinski definition) is 1. The summed E-state index contributed by atoms with van der Waals surface area (Å²) < 4.78 is 0. The Morgan fingerprint density at radius 3 is 2.65 bits per heavy atom. The Kier molecular flexibility index (Phi) is 4.00. The molecule has 20 heavy (non-hydrogen) atoms. The molecule has 0 saturated carbocycles. The van der Waals surface area contributed by atoms with Crippen LogP contribution in [0, 0.1) is 0 Å². The molecule has 0 radical (unpaired) electrons. The second-order valence-electron chi connectivity index (χ2n) is 5.60. The van der Waals surface area contributed by atoms with Crippen molar-refractivity contribution in [1.82, 2.24) is 5.32 Å². The van der Waals surface area contributed by atoms with Crippen LogP contribution < -0.4 is 5.32 Å². The van der Waals surface area contributed by atoms with Gasteiger partial charge < -0.3 is 5.32 Å². The summed E-state index contributed by atoms with van der Waals surface area (Å²) in [7, 11) is 0. The van der Waals surface area contributed by atoms with Crippen molar-refractivity contribution in [3.63, 3.8) is 0 Å². The first-order valence-electron chi connectivity index (χ1n) is 7.58. The Balaban J connectivity index is 1.70. The first kappa shape index (κ1) is 13.2. The number of benzene rings is 1. The van der Waals surface area contributed by atoms with Crippen LogP contribution in [0.1, 0.15) is 44.1 Å². The Bertz CT molecular complexity index is 554. The minimum absolute atomic E-state index is 0.301. The molecule has 0 bridgehead atoms. The fourth-order valence-corrected chi connectivity index (χ4v) is 3.06. The molecule has 0 amide bonds. The zero-order chi connectivity index (χ0) is 13.8. The standard InChI is InChI=1S/C18H21NO/c20-18(15-9-4-5-10-15)16-11-6-12-17(16)19-13-14-7-2-1-3-8-14/h1-3,7-9,19H,4-6,10-13H2. The summed E-state index contributed by atoms with van der Waals surface area (Å²) in [6.45, 7) is 0.812. The molecule has 0 spiro atoms. The molecule has 0 fully saturated rings. The van der Waals surface area contributed by atoms with Crippen molar-refractivity contribution in [2.45, 2.75) is 45.1 Å². The van der Waals surface area contributed by atoms with E-state index in [4.69, 9.17) is 0 Å². The number of nitrogens with one attached hydrogen (secondary N) is 1. The number of carbonyl (C=O) groups excluding carboxylic acids is 1. The lowest BCUT2D eigenvalue weighted by Crippen LogP contribution is -2.16. The van der Waals surface area contributed by atoms with Gasteiger partial charge in [0.1, 0.15) is 0 Å². The summed E-state index contributed by atoms with van der Waals surface area (Å²) in [4.78, 5) is 12.5. The molecule has 2 heteroatoms. The van der Waals surface area contributed by atoms with E-state index in [0.717, 1.165) is 56.2 Å². The van der Waals surface area contributed by atoms with Crippen LogP contribution in [0.3, 0.4) is 0 Å². The van der Waals surface area contributed by atoms with Crippen molar-refractivity contribution in [3.05, 3.63) is 58.8 Å². The lowest BCUT2D eigenvalue weighted by atomic mass is 10.0. The Hall–Kier alpha value is -1.83. The van der Waals surface area contributed by atoms with Gasteiger partial charge in [0.2, 0.25) is 0 Å². The second-order valence-corrected chi connectivity index (χ2v) is 5.60. The molecule has 0 heterocycles. The van der Waals surface area contributed by atoms with Gasteiger partial charge in [0.05, 0.1) is 0 Å². The molecule has 104 valence electrons. The fourth-order valence-electron chi connectivity index (χ4n) is 3.06. The van der Waals surface area contributed by atoms with E-state index in [0.29, 0.717) is 5.78 Å². The van der Waals surface area contributed by atoms with Gasteiger partial charge >= 0.3 is 0 Å². The molecule has 0 aliphatic heterocycles. The van der Waals surface area contributed by atoms with Gasteiger partial charge in [-0.3, -0.25) is 4.79 Å². The minimum Gasteiger partial charge on any atom is -0.384 e. The minimum atomic E-state index is 0.301. The Labute approximate surface area is 120 Å². The maximum atomic E-state index is 12.5. The number of allylic oxidation sites excluding steroid dienone is 4. The average molecular weight is 267 g/mol. The molecule has 0 saturated heterocycles. The summed E-state index contributed by atoms with van der Waals surface area (Å²) in [5.74, 6) is 0.301. The third-order valence-electron chi connectivity index (χ3n) is 4.17. The topological polar surface area (TPSA) is 29.1 Å². The zero-order valence-electron chi connectivity index (χ0n) is 11.8.